The number of hydrogen-bond acceptors (Lipinski definition) is 8. The second-order valence-electron chi connectivity index (χ2n) is 12.3. The lowest BCUT2D eigenvalue weighted by Gasteiger charge is -2.33. The first-order valence-corrected chi connectivity index (χ1v) is 16.5. The van der Waals surface area contributed by atoms with Gasteiger partial charge in [-0.05, 0) is 62.1 Å². The standard InChI is InChI=1S/C33H38F3N7OS/c1-3-30-39-31(28-16-26(17-33(34,35)36)45-32(28)40-30)38-23-8-11-42(12-9-23)19-22-6-7-29-27(21(22)2)15-24(18-37)43(29)14-13-41-10-4-5-25(44)20-41/h6-7,15-16,23H,3-5,8-14,17,19-20H2,1-2H3,(H,38,39,40). The maximum atomic E-state index is 13.1. The van der Waals surface area contributed by atoms with Crippen molar-refractivity contribution in [1.82, 2.24) is 24.3 Å². The minimum Gasteiger partial charge on any atom is -0.367 e. The van der Waals surface area contributed by atoms with Gasteiger partial charge in [-0.3, -0.25) is 14.6 Å². The third kappa shape index (κ3) is 7.16. The first-order chi connectivity index (χ1) is 21.6. The highest BCUT2D eigenvalue weighted by atomic mass is 32.1. The highest BCUT2D eigenvalue weighted by Crippen LogP contribution is 2.34. The minimum absolute atomic E-state index is 0.168. The summed E-state index contributed by atoms with van der Waals surface area (Å²) in [7, 11) is 0. The molecule has 6 rings (SSSR count). The van der Waals surface area contributed by atoms with Crippen molar-refractivity contribution in [2.24, 2.45) is 0 Å². The molecule has 0 bridgehead atoms. The van der Waals surface area contributed by atoms with Crippen LogP contribution in [0.3, 0.4) is 0 Å². The number of nitrogens with zero attached hydrogens (tertiary/aromatic N) is 6. The van der Waals surface area contributed by atoms with E-state index < -0.39 is 12.6 Å². The molecule has 8 nitrogen and oxygen atoms in total. The van der Waals surface area contributed by atoms with Crippen LogP contribution in [-0.2, 0) is 30.7 Å². The molecule has 1 aromatic carbocycles. The Morgan fingerprint density at radius 2 is 1.89 bits per heavy atom. The van der Waals surface area contributed by atoms with E-state index in [9.17, 15) is 23.2 Å². The van der Waals surface area contributed by atoms with E-state index in [0.29, 0.717) is 53.5 Å². The van der Waals surface area contributed by atoms with E-state index in [1.54, 1.807) is 6.07 Å². The Kier molecular flexibility index (Phi) is 9.13. The molecule has 5 heterocycles. The molecule has 2 saturated heterocycles. The molecule has 2 aliphatic rings. The molecule has 0 unspecified atom stereocenters. The number of carbonyl (C=O) groups excluding carboxylic acids is 1. The van der Waals surface area contributed by atoms with Crippen LogP contribution < -0.4 is 5.32 Å². The normalized spacial score (nSPS) is 17.4. The summed E-state index contributed by atoms with van der Waals surface area (Å²) in [6.45, 7) is 9.47. The largest absolute Gasteiger partial charge is 0.393 e. The summed E-state index contributed by atoms with van der Waals surface area (Å²) in [5, 5.41) is 15.2. The second-order valence-corrected chi connectivity index (χ2v) is 13.4. The number of carbonyl (C=O) groups is 1. The molecule has 2 fully saturated rings. The molecule has 238 valence electrons. The minimum atomic E-state index is -4.26. The zero-order valence-corrected chi connectivity index (χ0v) is 26.5. The molecular weight excluding hydrogens is 599 g/mol. The summed E-state index contributed by atoms with van der Waals surface area (Å²) in [4.78, 5) is 26.5. The summed E-state index contributed by atoms with van der Waals surface area (Å²) in [5.74, 6) is 1.55. The molecule has 45 heavy (non-hydrogen) atoms. The van der Waals surface area contributed by atoms with Crippen LogP contribution in [0.15, 0.2) is 24.3 Å². The molecule has 3 aromatic heterocycles. The average molecular weight is 638 g/mol. The smallest absolute Gasteiger partial charge is 0.367 e. The Morgan fingerprint density at radius 3 is 2.60 bits per heavy atom. The molecule has 4 aromatic rings. The maximum absolute atomic E-state index is 13.1. The van der Waals surface area contributed by atoms with E-state index in [1.165, 1.54) is 11.1 Å². The fraction of sp³-hybridized carbons (Fsp3) is 0.515. The molecule has 0 amide bonds. The predicted octanol–water partition coefficient (Wildman–Crippen LogP) is 6.23. The van der Waals surface area contributed by atoms with E-state index >= 15 is 0 Å². The topological polar surface area (TPSA) is 90.1 Å². The van der Waals surface area contributed by atoms with Crippen molar-refractivity contribution in [2.75, 3.05) is 38.0 Å². The van der Waals surface area contributed by atoms with Gasteiger partial charge in [0.25, 0.3) is 0 Å². The predicted molar refractivity (Wildman–Crippen MR) is 171 cm³/mol. The molecule has 0 spiro atoms. The lowest BCUT2D eigenvalue weighted by atomic mass is 10.0. The fourth-order valence-corrected chi connectivity index (χ4v) is 7.68. The van der Waals surface area contributed by atoms with Crippen molar-refractivity contribution in [3.05, 3.63) is 51.8 Å². The molecule has 1 N–H and O–H groups in total. The van der Waals surface area contributed by atoms with Crippen LogP contribution in [0.25, 0.3) is 21.1 Å². The number of hydrogen-bond donors (Lipinski definition) is 1. The van der Waals surface area contributed by atoms with Gasteiger partial charge < -0.3 is 9.88 Å². The van der Waals surface area contributed by atoms with Gasteiger partial charge in [0, 0.05) is 67.4 Å². The van der Waals surface area contributed by atoms with E-state index in [-0.39, 0.29) is 16.7 Å². The zero-order chi connectivity index (χ0) is 31.7. The number of thiophene rings is 1. The number of alkyl halides is 3. The highest BCUT2D eigenvalue weighted by Gasteiger charge is 2.30. The highest BCUT2D eigenvalue weighted by molar-refractivity contribution is 7.18. The number of Topliss-reactive ketones (excluding diaryl/α,β-unsaturated/α-hetero) is 1. The first-order valence-electron chi connectivity index (χ1n) is 15.7. The summed E-state index contributed by atoms with van der Waals surface area (Å²) in [5.41, 5.74) is 4.10. The average Bonchev–Trinajstić information content (AvgIpc) is 3.58. The van der Waals surface area contributed by atoms with Gasteiger partial charge in [-0.15, -0.1) is 11.3 Å². The van der Waals surface area contributed by atoms with Crippen molar-refractivity contribution in [1.29, 1.82) is 5.26 Å². The molecule has 12 heteroatoms. The SMILES string of the molecule is CCc1nc(NC2CCN(Cc3ccc4c(cc(C#N)n4CCN4CCCC(=O)C4)c3C)CC2)c2cc(CC(F)(F)F)sc2n1. The van der Waals surface area contributed by atoms with E-state index in [0.717, 1.165) is 74.2 Å². The van der Waals surface area contributed by atoms with Crippen LogP contribution in [0.2, 0.25) is 0 Å². The number of piperidine rings is 2. The number of fused-ring (bicyclic) bond motifs is 2. The first kappa shape index (κ1) is 31.5. The molecule has 0 atom stereocenters. The number of aryl methyl sites for hydroxylation is 2. The van der Waals surface area contributed by atoms with Gasteiger partial charge in [-0.1, -0.05) is 13.0 Å². The molecular formula is C33H38F3N7OS. The number of nitriles is 1. The Bertz CT molecular complexity index is 1750. The number of anilines is 1. The van der Waals surface area contributed by atoms with Gasteiger partial charge >= 0.3 is 6.18 Å². The number of halogens is 3. The van der Waals surface area contributed by atoms with Crippen molar-refractivity contribution in [2.45, 2.75) is 77.7 Å². The Morgan fingerprint density at radius 1 is 1.09 bits per heavy atom. The van der Waals surface area contributed by atoms with Gasteiger partial charge in [-0.25, -0.2) is 9.97 Å². The number of benzene rings is 1. The van der Waals surface area contributed by atoms with Gasteiger partial charge in [0.2, 0.25) is 0 Å². The Hall–Kier alpha value is -3.53. The summed E-state index contributed by atoms with van der Waals surface area (Å²) in [6.07, 6.45) is -1.26. The molecule has 0 radical (unpaired) electrons. The fourth-order valence-electron chi connectivity index (χ4n) is 6.60. The van der Waals surface area contributed by atoms with Crippen molar-refractivity contribution in [3.63, 3.8) is 0 Å². The van der Waals surface area contributed by atoms with Crippen LogP contribution in [0.5, 0.6) is 0 Å². The Balaban J connectivity index is 1.11. The summed E-state index contributed by atoms with van der Waals surface area (Å²) in [6, 6.07) is 10.4. The zero-order valence-electron chi connectivity index (χ0n) is 25.7. The number of aromatic nitrogens is 3. The van der Waals surface area contributed by atoms with Crippen LogP contribution in [0, 0.1) is 18.3 Å². The van der Waals surface area contributed by atoms with Crippen molar-refractivity contribution in [3.8, 4) is 6.07 Å². The second kappa shape index (κ2) is 13.1. The van der Waals surface area contributed by atoms with E-state index in [4.69, 9.17) is 0 Å². The molecule has 0 saturated carbocycles. The van der Waals surface area contributed by atoms with Crippen LogP contribution in [0.1, 0.15) is 60.1 Å². The Labute approximate surface area is 264 Å². The van der Waals surface area contributed by atoms with E-state index in [2.05, 4.69) is 54.8 Å². The van der Waals surface area contributed by atoms with Gasteiger partial charge in [0.05, 0.1) is 18.4 Å². The lowest BCUT2D eigenvalue weighted by Crippen LogP contribution is -2.39. The van der Waals surface area contributed by atoms with Gasteiger partial charge in [0.1, 0.15) is 34.0 Å². The van der Waals surface area contributed by atoms with Crippen molar-refractivity contribution >= 4 is 44.1 Å². The number of ketones is 1. The van der Waals surface area contributed by atoms with Gasteiger partial charge in [-0.2, -0.15) is 18.4 Å². The van der Waals surface area contributed by atoms with Crippen molar-refractivity contribution < 1.29 is 18.0 Å². The summed E-state index contributed by atoms with van der Waals surface area (Å²) < 4.78 is 41.2. The summed E-state index contributed by atoms with van der Waals surface area (Å²) >= 11 is 1.09. The third-order valence-electron chi connectivity index (χ3n) is 9.05. The van der Waals surface area contributed by atoms with Crippen LogP contribution in [0.4, 0.5) is 19.0 Å². The number of likely N-dealkylation sites (tertiary alicyclic amines) is 2. The van der Waals surface area contributed by atoms with E-state index in [1.807, 2.05) is 13.0 Å². The van der Waals surface area contributed by atoms with Gasteiger partial charge in [0.15, 0.2) is 0 Å². The molecule has 2 aliphatic heterocycles. The quantitative estimate of drug-likeness (QED) is 0.233. The van der Waals surface area contributed by atoms with Crippen LogP contribution >= 0.6 is 11.3 Å². The molecule has 0 aliphatic carbocycles. The number of nitrogens with one attached hydrogen (secondary N) is 1. The third-order valence-corrected chi connectivity index (χ3v) is 10.1. The lowest BCUT2D eigenvalue weighted by molar-refractivity contribution is -0.126. The number of rotatable bonds is 9. The monoisotopic (exact) mass is 637 g/mol. The maximum Gasteiger partial charge on any atom is 0.393 e. The van der Waals surface area contributed by atoms with Crippen LogP contribution in [-0.4, -0.2) is 75.1 Å².